The Hall–Kier alpha value is -1.06. The van der Waals surface area contributed by atoms with E-state index >= 15 is 0 Å². The lowest BCUT2D eigenvalue weighted by Crippen LogP contribution is -2.35. The first-order chi connectivity index (χ1) is 8.63. The Kier molecular flexibility index (Phi) is 4.25. The zero-order valence-electron chi connectivity index (χ0n) is 11.7. The summed E-state index contributed by atoms with van der Waals surface area (Å²) in [6.07, 6.45) is 0. The molecule has 3 nitrogen and oxygen atoms in total. The molecule has 1 heterocycles. The summed E-state index contributed by atoms with van der Waals surface area (Å²) >= 11 is 0. The summed E-state index contributed by atoms with van der Waals surface area (Å²) in [5.41, 5.74) is 3.86. The summed E-state index contributed by atoms with van der Waals surface area (Å²) in [7, 11) is 1.74. The Morgan fingerprint density at radius 2 is 2.17 bits per heavy atom. The first-order valence-electron chi connectivity index (χ1n) is 6.63. The topological polar surface area (TPSA) is 30.5 Å². The minimum Gasteiger partial charge on any atom is -0.496 e. The standard InChI is InChI=1S/C15H23NO2/c1-10(2)12-8-13(11(3)7-15(12)17-4)14-9-18-6-5-16-14/h7-8,10,14,16H,5-6,9H2,1-4H3. The Morgan fingerprint density at radius 1 is 1.39 bits per heavy atom. The molecule has 0 amide bonds. The van der Waals surface area contributed by atoms with Crippen LogP contribution in [-0.2, 0) is 4.74 Å². The molecule has 2 rings (SSSR count). The van der Waals surface area contributed by atoms with Gasteiger partial charge in [-0.05, 0) is 41.7 Å². The van der Waals surface area contributed by atoms with Gasteiger partial charge in [0.15, 0.2) is 0 Å². The quantitative estimate of drug-likeness (QED) is 0.893. The lowest BCUT2D eigenvalue weighted by atomic mass is 9.93. The first kappa shape index (κ1) is 13.4. The lowest BCUT2D eigenvalue weighted by molar-refractivity contribution is 0.0766. The predicted octanol–water partition coefficient (Wildman–Crippen LogP) is 2.79. The monoisotopic (exact) mass is 249 g/mol. The van der Waals surface area contributed by atoms with E-state index in [1.54, 1.807) is 7.11 Å². The molecule has 1 saturated heterocycles. The van der Waals surface area contributed by atoms with Gasteiger partial charge in [0.1, 0.15) is 5.75 Å². The van der Waals surface area contributed by atoms with E-state index < -0.39 is 0 Å². The Balaban J connectivity index is 2.37. The zero-order valence-corrected chi connectivity index (χ0v) is 11.7. The van der Waals surface area contributed by atoms with Crippen molar-refractivity contribution in [2.45, 2.75) is 32.7 Å². The predicted molar refractivity (Wildman–Crippen MR) is 73.4 cm³/mol. The van der Waals surface area contributed by atoms with Crippen LogP contribution >= 0.6 is 0 Å². The molecule has 1 aliphatic heterocycles. The number of nitrogens with one attached hydrogen (secondary N) is 1. The van der Waals surface area contributed by atoms with Gasteiger partial charge in [-0.25, -0.2) is 0 Å². The maximum atomic E-state index is 5.55. The number of hydrogen-bond acceptors (Lipinski definition) is 3. The van der Waals surface area contributed by atoms with Gasteiger partial charge in [-0.15, -0.1) is 0 Å². The van der Waals surface area contributed by atoms with Gasteiger partial charge in [-0.3, -0.25) is 0 Å². The Labute approximate surface area is 109 Å². The number of morpholine rings is 1. The number of benzene rings is 1. The van der Waals surface area contributed by atoms with E-state index in [1.165, 1.54) is 16.7 Å². The van der Waals surface area contributed by atoms with E-state index in [0.717, 1.165) is 25.5 Å². The van der Waals surface area contributed by atoms with Gasteiger partial charge >= 0.3 is 0 Å². The average molecular weight is 249 g/mol. The van der Waals surface area contributed by atoms with Crippen LogP contribution in [0.4, 0.5) is 0 Å². The van der Waals surface area contributed by atoms with Crippen LogP contribution in [0.2, 0.25) is 0 Å². The van der Waals surface area contributed by atoms with Crippen molar-refractivity contribution >= 4 is 0 Å². The molecule has 3 heteroatoms. The van der Waals surface area contributed by atoms with Crippen LogP contribution in [0.25, 0.3) is 0 Å². The smallest absolute Gasteiger partial charge is 0.122 e. The van der Waals surface area contributed by atoms with Gasteiger partial charge in [-0.1, -0.05) is 13.8 Å². The number of aryl methyl sites for hydroxylation is 1. The van der Waals surface area contributed by atoms with Crippen molar-refractivity contribution in [3.63, 3.8) is 0 Å². The largest absolute Gasteiger partial charge is 0.496 e. The Bertz CT molecular complexity index is 409. The second-order valence-corrected chi connectivity index (χ2v) is 5.19. The highest BCUT2D eigenvalue weighted by Crippen LogP contribution is 2.32. The van der Waals surface area contributed by atoms with Crippen molar-refractivity contribution in [3.8, 4) is 5.75 Å². The van der Waals surface area contributed by atoms with Gasteiger partial charge in [0.2, 0.25) is 0 Å². The molecule has 1 atom stereocenters. The van der Waals surface area contributed by atoms with Gasteiger partial charge in [-0.2, -0.15) is 0 Å². The molecule has 1 aromatic rings. The van der Waals surface area contributed by atoms with E-state index in [2.05, 4.69) is 38.2 Å². The van der Waals surface area contributed by atoms with Crippen LogP contribution in [0, 0.1) is 6.92 Å². The maximum Gasteiger partial charge on any atom is 0.122 e. The molecular weight excluding hydrogens is 226 g/mol. The fourth-order valence-corrected chi connectivity index (χ4v) is 2.48. The minimum atomic E-state index is 0.308. The van der Waals surface area contributed by atoms with Crippen molar-refractivity contribution in [1.29, 1.82) is 0 Å². The molecular formula is C15H23NO2. The summed E-state index contributed by atoms with van der Waals surface area (Å²) in [6.45, 7) is 9.02. The fourth-order valence-electron chi connectivity index (χ4n) is 2.48. The summed E-state index contributed by atoms with van der Waals surface area (Å²) < 4.78 is 11.0. The highest BCUT2D eigenvalue weighted by Gasteiger charge is 2.20. The summed E-state index contributed by atoms with van der Waals surface area (Å²) in [5.74, 6) is 1.45. The van der Waals surface area contributed by atoms with Crippen molar-refractivity contribution in [2.24, 2.45) is 0 Å². The van der Waals surface area contributed by atoms with Crippen LogP contribution in [-0.4, -0.2) is 26.9 Å². The number of rotatable bonds is 3. The highest BCUT2D eigenvalue weighted by atomic mass is 16.5. The molecule has 0 bridgehead atoms. The van der Waals surface area contributed by atoms with Gasteiger partial charge in [0.25, 0.3) is 0 Å². The van der Waals surface area contributed by atoms with Crippen LogP contribution in [0.5, 0.6) is 5.75 Å². The molecule has 18 heavy (non-hydrogen) atoms. The third kappa shape index (κ3) is 2.68. The minimum absolute atomic E-state index is 0.308. The van der Waals surface area contributed by atoms with Gasteiger partial charge < -0.3 is 14.8 Å². The normalized spacial score (nSPS) is 20.2. The van der Waals surface area contributed by atoms with Crippen molar-refractivity contribution in [3.05, 3.63) is 28.8 Å². The average Bonchev–Trinajstić information content (AvgIpc) is 2.39. The second kappa shape index (κ2) is 5.72. The third-order valence-corrected chi connectivity index (χ3v) is 3.54. The molecule has 0 spiro atoms. The van der Waals surface area contributed by atoms with Crippen LogP contribution in [0.3, 0.4) is 0 Å². The highest BCUT2D eigenvalue weighted by molar-refractivity contribution is 5.45. The van der Waals surface area contributed by atoms with Crippen LogP contribution in [0.1, 0.15) is 42.5 Å². The van der Waals surface area contributed by atoms with Gasteiger partial charge in [0, 0.05) is 6.54 Å². The van der Waals surface area contributed by atoms with E-state index in [-0.39, 0.29) is 0 Å². The zero-order chi connectivity index (χ0) is 13.1. The molecule has 100 valence electrons. The summed E-state index contributed by atoms with van der Waals surface area (Å²) in [6, 6.07) is 4.72. The van der Waals surface area contributed by atoms with E-state index in [4.69, 9.17) is 9.47 Å². The Morgan fingerprint density at radius 3 is 2.72 bits per heavy atom. The molecule has 0 radical (unpaired) electrons. The van der Waals surface area contributed by atoms with E-state index in [0.29, 0.717) is 12.0 Å². The first-order valence-corrected chi connectivity index (χ1v) is 6.63. The number of methoxy groups -OCH3 is 1. The maximum absolute atomic E-state index is 5.55. The van der Waals surface area contributed by atoms with Crippen molar-refractivity contribution in [1.82, 2.24) is 5.32 Å². The van der Waals surface area contributed by atoms with E-state index in [9.17, 15) is 0 Å². The number of hydrogen-bond donors (Lipinski definition) is 1. The summed E-state index contributed by atoms with van der Waals surface area (Å²) in [4.78, 5) is 0. The third-order valence-electron chi connectivity index (χ3n) is 3.54. The molecule has 1 aliphatic rings. The SMILES string of the molecule is COc1cc(C)c(C2COCCN2)cc1C(C)C. The molecule has 1 aromatic carbocycles. The molecule has 1 unspecified atom stereocenters. The number of ether oxygens (including phenoxy) is 2. The molecule has 0 saturated carbocycles. The molecule has 1 fully saturated rings. The lowest BCUT2D eigenvalue weighted by Gasteiger charge is -2.27. The fraction of sp³-hybridized carbons (Fsp3) is 0.600. The van der Waals surface area contributed by atoms with E-state index in [1.807, 2.05) is 0 Å². The van der Waals surface area contributed by atoms with Gasteiger partial charge in [0.05, 0.1) is 26.4 Å². The molecule has 0 aromatic heterocycles. The summed E-state index contributed by atoms with van der Waals surface area (Å²) in [5, 5.41) is 3.51. The van der Waals surface area contributed by atoms with Crippen LogP contribution < -0.4 is 10.1 Å². The second-order valence-electron chi connectivity index (χ2n) is 5.19. The van der Waals surface area contributed by atoms with Crippen molar-refractivity contribution in [2.75, 3.05) is 26.9 Å². The molecule has 0 aliphatic carbocycles. The molecule has 1 N–H and O–H groups in total. The van der Waals surface area contributed by atoms with Crippen LogP contribution in [0.15, 0.2) is 12.1 Å². The van der Waals surface area contributed by atoms with Crippen molar-refractivity contribution < 1.29 is 9.47 Å².